The molecule has 0 unspecified atom stereocenters. The minimum Gasteiger partial charge on any atom is -0.352 e. The van der Waals surface area contributed by atoms with Crippen molar-refractivity contribution in [2.45, 2.75) is 68.5 Å². The minimum absolute atomic E-state index is 0.0527. The van der Waals surface area contributed by atoms with Gasteiger partial charge in [-0.05, 0) is 36.6 Å². The number of hydrogen-bond donors (Lipinski definition) is 1. The summed E-state index contributed by atoms with van der Waals surface area (Å²) in [6.07, 6.45) is 5.95. The number of hydrogen-bond acceptors (Lipinski definition) is 3. The van der Waals surface area contributed by atoms with Crippen molar-refractivity contribution >= 4 is 23.6 Å². The lowest BCUT2D eigenvalue weighted by Gasteiger charge is -2.33. The van der Waals surface area contributed by atoms with E-state index < -0.39 is 6.04 Å². The maximum Gasteiger partial charge on any atom is 0.243 e. The Kier molecular flexibility index (Phi) is 10.2. The highest BCUT2D eigenvalue weighted by molar-refractivity contribution is 7.99. The molecule has 1 saturated carbocycles. The van der Waals surface area contributed by atoms with Crippen LogP contribution >= 0.6 is 11.8 Å². The third kappa shape index (κ3) is 8.19. The smallest absolute Gasteiger partial charge is 0.243 e. The zero-order valence-electron chi connectivity index (χ0n) is 21.2. The van der Waals surface area contributed by atoms with Crippen LogP contribution in [-0.2, 0) is 22.6 Å². The summed E-state index contributed by atoms with van der Waals surface area (Å²) in [7, 11) is 0. The van der Waals surface area contributed by atoms with Crippen LogP contribution in [0.15, 0.2) is 89.8 Å². The molecule has 6 heteroatoms. The lowest BCUT2D eigenvalue weighted by Crippen LogP contribution is -2.53. The molecule has 4 nitrogen and oxygen atoms in total. The maximum atomic E-state index is 14.7. The van der Waals surface area contributed by atoms with Gasteiger partial charge in [0.15, 0.2) is 0 Å². The first-order chi connectivity index (χ1) is 18.1. The fourth-order valence-corrected chi connectivity index (χ4v) is 5.69. The van der Waals surface area contributed by atoms with Crippen molar-refractivity contribution < 1.29 is 14.0 Å². The number of carbonyl (C=O) groups excluding carboxylic acids is 2. The van der Waals surface area contributed by atoms with Crippen molar-refractivity contribution in [3.8, 4) is 0 Å². The number of halogens is 1. The highest BCUT2D eigenvalue weighted by Crippen LogP contribution is 2.23. The molecule has 3 aromatic carbocycles. The number of benzene rings is 3. The normalized spacial score (nSPS) is 14.6. The van der Waals surface area contributed by atoms with Crippen LogP contribution in [0.3, 0.4) is 0 Å². The molecule has 0 spiro atoms. The van der Waals surface area contributed by atoms with Crippen LogP contribution in [0.2, 0.25) is 0 Å². The highest BCUT2D eigenvalue weighted by atomic mass is 32.2. The van der Waals surface area contributed by atoms with Gasteiger partial charge in [-0.25, -0.2) is 4.39 Å². The maximum absolute atomic E-state index is 14.7. The standard InChI is InChI=1S/C31H35FN2O2S/c32-28-19-11-10-14-25(28)23-34(30(35)20-21-37-27-17-8-3-9-18-27)29(22-24-12-4-1-5-13-24)31(36)33-26-15-6-2-7-16-26/h1,3-5,8-14,17-19,26,29H,2,6-7,15-16,20-23H2,(H,33,36)/t29-/m1/s1. The number of nitrogens with zero attached hydrogens (tertiary/aromatic N) is 1. The Morgan fingerprint density at radius 1 is 0.892 bits per heavy atom. The van der Waals surface area contributed by atoms with Gasteiger partial charge >= 0.3 is 0 Å². The third-order valence-corrected chi connectivity index (χ3v) is 7.86. The van der Waals surface area contributed by atoms with Crippen molar-refractivity contribution in [1.29, 1.82) is 0 Å². The molecule has 2 amide bonds. The molecule has 3 aromatic rings. The van der Waals surface area contributed by atoms with E-state index in [1.165, 1.54) is 12.5 Å². The number of carbonyl (C=O) groups is 2. The SMILES string of the molecule is O=C(NC1CCCCC1)[C@@H](Cc1ccccc1)N(Cc1ccccc1F)C(=O)CCSc1ccccc1. The largest absolute Gasteiger partial charge is 0.352 e. The van der Waals surface area contributed by atoms with E-state index in [1.54, 1.807) is 34.9 Å². The number of nitrogens with one attached hydrogen (secondary N) is 1. The average Bonchev–Trinajstić information content (AvgIpc) is 2.93. The lowest BCUT2D eigenvalue weighted by atomic mass is 9.94. The molecule has 194 valence electrons. The molecule has 0 radical (unpaired) electrons. The van der Waals surface area contributed by atoms with E-state index in [0.717, 1.165) is 36.1 Å². The van der Waals surface area contributed by atoms with Crippen LogP contribution in [0.4, 0.5) is 4.39 Å². The summed E-state index contributed by atoms with van der Waals surface area (Å²) in [5.41, 5.74) is 1.38. The highest BCUT2D eigenvalue weighted by Gasteiger charge is 2.32. The number of rotatable bonds is 11. The summed E-state index contributed by atoms with van der Waals surface area (Å²) in [5, 5.41) is 3.23. The van der Waals surface area contributed by atoms with Crippen molar-refractivity contribution in [3.63, 3.8) is 0 Å². The van der Waals surface area contributed by atoms with E-state index in [0.29, 0.717) is 17.7 Å². The number of thioether (sulfide) groups is 1. The molecule has 1 aliphatic carbocycles. The molecular weight excluding hydrogens is 483 g/mol. The summed E-state index contributed by atoms with van der Waals surface area (Å²) in [6.45, 7) is 0.0527. The van der Waals surface area contributed by atoms with E-state index in [9.17, 15) is 14.0 Å². The van der Waals surface area contributed by atoms with Crippen LogP contribution in [-0.4, -0.2) is 34.6 Å². The molecule has 37 heavy (non-hydrogen) atoms. The fourth-order valence-electron chi connectivity index (χ4n) is 4.82. The van der Waals surface area contributed by atoms with Gasteiger partial charge in [-0.15, -0.1) is 11.8 Å². The second-order valence-corrected chi connectivity index (χ2v) is 10.7. The van der Waals surface area contributed by atoms with Gasteiger partial charge in [-0.3, -0.25) is 9.59 Å². The molecular formula is C31H35FN2O2S. The zero-order valence-corrected chi connectivity index (χ0v) is 22.0. The summed E-state index contributed by atoms with van der Waals surface area (Å²) in [5.74, 6) is -0.0912. The summed E-state index contributed by atoms with van der Waals surface area (Å²) in [6, 6.07) is 25.6. The van der Waals surface area contributed by atoms with E-state index in [2.05, 4.69) is 5.32 Å². The quantitative estimate of drug-likeness (QED) is 0.299. The van der Waals surface area contributed by atoms with Crippen LogP contribution in [0, 0.1) is 5.82 Å². The van der Waals surface area contributed by atoms with Crippen LogP contribution < -0.4 is 5.32 Å². The third-order valence-electron chi connectivity index (χ3n) is 6.85. The van der Waals surface area contributed by atoms with Gasteiger partial charge in [0.1, 0.15) is 11.9 Å². The Bertz CT molecular complexity index is 1140. The van der Waals surface area contributed by atoms with Gasteiger partial charge < -0.3 is 10.2 Å². The van der Waals surface area contributed by atoms with E-state index in [-0.39, 0.29) is 36.6 Å². The van der Waals surface area contributed by atoms with Crippen molar-refractivity contribution in [1.82, 2.24) is 10.2 Å². The summed E-state index contributed by atoms with van der Waals surface area (Å²) >= 11 is 1.61. The van der Waals surface area contributed by atoms with E-state index in [4.69, 9.17) is 0 Å². The van der Waals surface area contributed by atoms with E-state index >= 15 is 0 Å². The van der Waals surface area contributed by atoms with Crippen LogP contribution in [0.1, 0.15) is 49.7 Å². The predicted octanol–water partition coefficient (Wildman–Crippen LogP) is 6.40. The molecule has 0 aromatic heterocycles. The van der Waals surface area contributed by atoms with Gasteiger partial charge in [-0.1, -0.05) is 86.0 Å². The predicted molar refractivity (Wildman–Crippen MR) is 148 cm³/mol. The Morgan fingerprint density at radius 3 is 2.24 bits per heavy atom. The average molecular weight is 519 g/mol. The Hall–Kier alpha value is -3.12. The summed E-state index contributed by atoms with van der Waals surface area (Å²) < 4.78 is 14.7. The molecule has 1 aliphatic rings. The Morgan fingerprint density at radius 2 is 1.54 bits per heavy atom. The van der Waals surface area contributed by atoms with Crippen LogP contribution in [0.25, 0.3) is 0 Å². The first-order valence-corrected chi connectivity index (χ1v) is 14.1. The lowest BCUT2D eigenvalue weighted by molar-refractivity contribution is -0.141. The van der Waals surface area contributed by atoms with Gasteiger partial charge in [0.05, 0.1) is 0 Å². The molecule has 1 fully saturated rings. The first kappa shape index (κ1) is 26.9. The molecule has 1 atom stereocenters. The zero-order chi connectivity index (χ0) is 25.9. The Labute approximate surface area is 223 Å². The Balaban J connectivity index is 1.57. The van der Waals surface area contributed by atoms with Crippen molar-refractivity contribution in [3.05, 3.63) is 102 Å². The van der Waals surface area contributed by atoms with E-state index in [1.807, 2.05) is 60.7 Å². The van der Waals surface area contributed by atoms with Crippen molar-refractivity contribution in [2.24, 2.45) is 0 Å². The number of amides is 2. The minimum atomic E-state index is -0.724. The van der Waals surface area contributed by atoms with Crippen LogP contribution in [0.5, 0.6) is 0 Å². The van der Waals surface area contributed by atoms with Gasteiger partial charge in [0.2, 0.25) is 11.8 Å². The first-order valence-electron chi connectivity index (χ1n) is 13.1. The molecule has 0 heterocycles. The molecule has 1 N–H and O–H groups in total. The van der Waals surface area contributed by atoms with Gasteiger partial charge in [-0.2, -0.15) is 0 Å². The van der Waals surface area contributed by atoms with Gasteiger partial charge in [0, 0.05) is 41.6 Å². The second kappa shape index (κ2) is 14.0. The van der Waals surface area contributed by atoms with Gasteiger partial charge in [0.25, 0.3) is 0 Å². The molecule has 0 aliphatic heterocycles. The topological polar surface area (TPSA) is 49.4 Å². The monoisotopic (exact) mass is 518 g/mol. The molecule has 4 rings (SSSR count). The molecule has 0 saturated heterocycles. The molecule has 0 bridgehead atoms. The fraction of sp³-hybridized carbons (Fsp3) is 0.355. The second-order valence-electron chi connectivity index (χ2n) is 9.57. The summed E-state index contributed by atoms with van der Waals surface area (Å²) in [4.78, 5) is 30.1. The van der Waals surface area contributed by atoms with Crippen molar-refractivity contribution in [2.75, 3.05) is 5.75 Å².